The first-order chi connectivity index (χ1) is 52.7. The first kappa shape index (κ1) is 82.3. The standard InChI is InChI=1S/C24H30N2O3.C23H32N2O2.C22H26N2O5.C19H22N2O5/c1-15-5-9-17(10-6-15)13-19-21-22(29-24(3,4)28-21)20(26-23(27)25-19)14-18-11-7-16(2)8-12-18;1-15-5-9-17(10-6-15)13-19(24)21-22(27-23(3,4)26-21)20(25)14-18-11-7-16(2)8-12-18;1-22(2)28-19-17(11-13-3-7-15(25)8-4-13)23-21(27)24-18(20(19)29-22)12-14-5-9-16(26)10-6-14;22-13-5-1-11(2-6-13)9-15-17(24)18(25)16(21-19(26)20-15)10-12-3-7-14(23)8-4-12/h5-12,19-22H,13-14H2,1-4H3,(H2,25,26,27);5-12,19-22H,13-14,24-25H2,1-4H3;3-10,17-20,25-26H,11-12H2,1-2H3,(H2,23,24,27);1-8,15-18,22-25H,9-10H2,(H2,20,21,26)/t2*19-,20-,21+,22+;17-,18-,19+,20+;15-,16-,17+,18+/m1111/s1. The van der Waals surface area contributed by atoms with Crippen LogP contribution in [0.25, 0.3) is 0 Å². The Morgan fingerprint density at radius 2 is 0.477 bits per heavy atom. The van der Waals surface area contributed by atoms with Gasteiger partial charge in [0.15, 0.2) is 17.4 Å². The molecule has 0 spiro atoms. The summed E-state index contributed by atoms with van der Waals surface area (Å²) in [4.78, 5) is 37.4. The summed E-state index contributed by atoms with van der Waals surface area (Å²) in [6.45, 7) is 19.8. The maximum absolute atomic E-state index is 12.7. The molecule has 111 heavy (non-hydrogen) atoms. The molecule has 16 N–H and O–H groups in total. The van der Waals surface area contributed by atoms with Crippen molar-refractivity contribution in [2.75, 3.05) is 0 Å². The van der Waals surface area contributed by atoms with Crippen molar-refractivity contribution in [1.82, 2.24) is 31.9 Å². The zero-order chi connectivity index (χ0) is 79.5. The van der Waals surface area contributed by atoms with Crippen LogP contribution in [0.3, 0.4) is 0 Å². The maximum Gasteiger partial charge on any atom is 0.315 e. The zero-order valence-corrected chi connectivity index (χ0v) is 64.9. The first-order valence-electron chi connectivity index (χ1n) is 38.2. The molecule has 8 aromatic carbocycles. The number of fused-ring (bicyclic) bond motifs is 2. The van der Waals surface area contributed by atoms with E-state index in [2.05, 4.69) is 157 Å². The topological polar surface area (TPSA) is 352 Å². The molecule has 0 aromatic heterocycles. The fourth-order valence-electron chi connectivity index (χ4n) is 15.2. The van der Waals surface area contributed by atoms with Crippen molar-refractivity contribution in [2.24, 2.45) is 11.5 Å². The minimum atomic E-state index is -1.16. The smallest absolute Gasteiger partial charge is 0.315 e. The molecular weight excluding hydrogens is 1410 g/mol. The van der Waals surface area contributed by atoms with Crippen LogP contribution < -0.4 is 43.4 Å². The van der Waals surface area contributed by atoms with E-state index < -0.39 is 47.7 Å². The third kappa shape index (κ3) is 23.3. The van der Waals surface area contributed by atoms with Gasteiger partial charge in [0.05, 0.1) is 36.3 Å². The lowest BCUT2D eigenvalue weighted by Crippen LogP contribution is -2.51. The van der Waals surface area contributed by atoms with Crippen molar-refractivity contribution in [1.29, 1.82) is 0 Å². The fourth-order valence-corrected chi connectivity index (χ4v) is 15.2. The SMILES string of the molecule is CC1(C)O[C@@H]2[C@@H](O1)[C@@H](Cc1ccc(O)cc1)NC(=O)N[C@@H]2Cc1ccc(O)cc1.Cc1ccc(C[C@@H](N)[C@@H]2OC(C)(C)O[C@H]2[C@H](N)Cc2ccc(C)cc2)cc1.Cc1ccc(C[C@H]2NC(=O)N[C@H](Cc3ccc(C)cc3)[C@@H]3OC(C)(C)O[C@H]32)cc1.O=C1N[C@H](Cc2ccc(O)cc2)[C@H](O)[C@@H](O)[C@@H](Cc2ccc(O)cc2)N1. The number of hydrogen-bond acceptors (Lipinski definition) is 17. The number of aromatic hydroxyl groups is 4. The number of ether oxygens (including phenoxy) is 6. The Morgan fingerprint density at radius 3 is 0.703 bits per heavy atom. The Bertz CT molecular complexity index is 3910. The van der Waals surface area contributed by atoms with Crippen molar-refractivity contribution in [3.05, 3.63) is 261 Å². The monoisotopic (exact) mass is 1520 g/mol. The molecule has 6 heterocycles. The third-order valence-electron chi connectivity index (χ3n) is 20.9. The van der Waals surface area contributed by atoms with Crippen molar-refractivity contribution in [3.63, 3.8) is 0 Å². The molecule has 23 heteroatoms. The highest BCUT2D eigenvalue weighted by molar-refractivity contribution is 5.76. The van der Waals surface area contributed by atoms with E-state index in [9.17, 15) is 45.0 Å². The van der Waals surface area contributed by atoms with Crippen LogP contribution in [0.2, 0.25) is 0 Å². The minimum absolute atomic E-state index is 0.134. The molecule has 8 aromatic rings. The number of nitrogens with one attached hydrogen (secondary N) is 6. The second-order valence-electron chi connectivity index (χ2n) is 31.7. The van der Waals surface area contributed by atoms with Crippen LogP contribution >= 0.6 is 0 Å². The Balaban J connectivity index is 0.000000147. The number of amides is 6. The Kier molecular flexibility index (Phi) is 26.9. The number of carbonyl (C=O) groups excluding carboxylic acids is 3. The Labute approximate surface area is 650 Å². The van der Waals surface area contributed by atoms with Gasteiger partial charge in [-0.1, -0.05) is 168 Å². The molecular formula is C88H110N8O15. The van der Waals surface area contributed by atoms with Crippen LogP contribution in [-0.4, -0.2) is 163 Å². The summed E-state index contributed by atoms with van der Waals surface area (Å²) in [5.74, 6) is -1.45. The highest BCUT2D eigenvalue weighted by Gasteiger charge is 2.53. The lowest BCUT2D eigenvalue weighted by Gasteiger charge is -2.27. The molecule has 6 aliphatic heterocycles. The predicted octanol–water partition coefficient (Wildman–Crippen LogP) is 10.0. The van der Waals surface area contributed by atoms with Gasteiger partial charge in [0.25, 0.3) is 0 Å². The number of aliphatic hydroxyl groups is 2. The van der Waals surface area contributed by atoms with Gasteiger partial charge in [-0.15, -0.1) is 0 Å². The van der Waals surface area contributed by atoms with E-state index >= 15 is 0 Å². The lowest BCUT2D eigenvalue weighted by atomic mass is 9.92. The highest BCUT2D eigenvalue weighted by Crippen LogP contribution is 2.38. The summed E-state index contributed by atoms with van der Waals surface area (Å²) in [5.41, 5.74) is 26.4. The van der Waals surface area contributed by atoms with Crippen LogP contribution in [0.4, 0.5) is 14.4 Å². The molecule has 6 saturated heterocycles. The molecule has 0 unspecified atom stereocenters. The van der Waals surface area contributed by atoms with Crippen LogP contribution in [0.1, 0.15) is 108 Å². The molecule has 592 valence electrons. The largest absolute Gasteiger partial charge is 0.508 e. The second kappa shape index (κ2) is 36.2. The van der Waals surface area contributed by atoms with Gasteiger partial charge < -0.3 is 102 Å². The molecule has 0 radical (unpaired) electrons. The van der Waals surface area contributed by atoms with Crippen LogP contribution in [0.15, 0.2) is 194 Å². The summed E-state index contributed by atoms with van der Waals surface area (Å²) < 4.78 is 37.4. The average Bonchev–Trinajstić information content (AvgIpc) is 1.64. The van der Waals surface area contributed by atoms with Gasteiger partial charge in [-0.25, -0.2) is 14.4 Å². The summed E-state index contributed by atoms with van der Waals surface area (Å²) >= 11 is 0. The molecule has 0 saturated carbocycles. The summed E-state index contributed by atoms with van der Waals surface area (Å²) in [6, 6.07) is 57.1. The number of urea groups is 3. The number of phenolic OH excluding ortho intramolecular Hbond substituents is 4. The number of hydrogen-bond donors (Lipinski definition) is 14. The Morgan fingerprint density at radius 1 is 0.297 bits per heavy atom. The number of nitrogens with two attached hydrogens (primary N) is 2. The minimum Gasteiger partial charge on any atom is -0.508 e. The van der Waals surface area contributed by atoms with Crippen molar-refractivity contribution >= 4 is 18.1 Å². The number of aliphatic hydroxyl groups excluding tert-OH is 2. The number of aryl methyl sites for hydroxylation is 4. The molecule has 0 aliphatic carbocycles. The Hall–Kier alpha value is -9.63. The molecule has 6 fully saturated rings. The van der Waals surface area contributed by atoms with Crippen LogP contribution in [-0.2, 0) is 79.8 Å². The lowest BCUT2D eigenvalue weighted by molar-refractivity contribution is -0.151. The molecule has 23 nitrogen and oxygen atoms in total. The van der Waals surface area contributed by atoms with Gasteiger partial charge in [0.2, 0.25) is 0 Å². The first-order valence-corrected chi connectivity index (χ1v) is 38.2. The molecule has 14 rings (SSSR count). The van der Waals surface area contributed by atoms with E-state index in [0.29, 0.717) is 38.5 Å². The number of benzene rings is 8. The highest BCUT2D eigenvalue weighted by atomic mass is 16.8. The third-order valence-corrected chi connectivity index (χ3v) is 20.9. The van der Waals surface area contributed by atoms with E-state index in [-0.39, 0.29) is 108 Å². The molecule has 6 amide bonds. The van der Waals surface area contributed by atoms with Gasteiger partial charge in [0.1, 0.15) is 71.8 Å². The molecule has 6 aliphatic rings. The summed E-state index contributed by atoms with van der Waals surface area (Å²) in [7, 11) is 0. The fraction of sp³-hybridized carbons (Fsp3) is 0.420. The van der Waals surface area contributed by atoms with Gasteiger partial charge in [-0.3, -0.25) is 0 Å². The van der Waals surface area contributed by atoms with Gasteiger partial charge in [0, 0.05) is 12.1 Å². The molecule has 16 atom stereocenters. The van der Waals surface area contributed by atoms with Gasteiger partial charge in [-0.05, 0) is 214 Å². The van der Waals surface area contributed by atoms with Crippen molar-refractivity contribution < 1.29 is 73.4 Å². The summed E-state index contributed by atoms with van der Waals surface area (Å²) in [5, 5.41) is 76.5. The van der Waals surface area contributed by atoms with Crippen LogP contribution in [0, 0.1) is 27.7 Å². The van der Waals surface area contributed by atoms with Crippen molar-refractivity contribution in [3.8, 4) is 23.0 Å². The van der Waals surface area contributed by atoms with Gasteiger partial charge >= 0.3 is 18.1 Å². The van der Waals surface area contributed by atoms with E-state index in [1.807, 2.05) is 65.8 Å². The van der Waals surface area contributed by atoms with E-state index in [1.54, 1.807) is 48.5 Å². The van der Waals surface area contributed by atoms with E-state index in [1.165, 1.54) is 68.8 Å². The molecule has 0 bridgehead atoms. The number of carbonyl (C=O) groups is 3. The zero-order valence-electron chi connectivity index (χ0n) is 64.9. The quantitative estimate of drug-likeness (QED) is 0.0380. The number of phenols is 4. The number of rotatable bonds is 18. The van der Waals surface area contributed by atoms with Crippen LogP contribution in [0.5, 0.6) is 23.0 Å². The average molecular weight is 1520 g/mol. The van der Waals surface area contributed by atoms with Crippen molar-refractivity contribution in [2.45, 2.75) is 235 Å². The summed E-state index contributed by atoms with van der Waals surface area (Å²) in [6.07, 6.45) is 0.711. The van der Waals surface area contributed by atoms with Gasteiger partial charge in [-0.2, -0.15) is 0 Å². The van der Waals surface area contributed by atoms with E-state index in [4.69, 9.17) is 39.9 Å². The maximum atomic E-state index is 12.7. The second-order valence-corrected chi connectivity index (χ2v) is 31.7. The predicted molar refractivity (Wildman–Crippen MR) is 424 cm³/mol. The van der Waals surface area contributed by atoms with E-state index in [0.717, 1.165) is 35.1 Å². The normalized spacial score (nSPS) is 26.6.